The van der Waals surface area contributed by atoms with Crippen LogP contribution >= 0.6 is 0 Å². The van der Waals surface area contributed by atoms with Crippen LogP contribution < -0.4 is 30.7 Å². The first-order valence-electron chi connectivity index (χ1n) is 16.8. The van der Waals surface area contributed by atoms with Gasteiger partial charge in [-0.05, 0) is 61.1 Å². The summed E-state index contributed by atoms with van der Waals surface area (Å²) in [6.07, 6.45) is 5.27. The van der Waals surface area contributed by atoms with Crippen LogP contribution in [0.25, 0.3) is 11.1 Å². The normalized spacial score (nSPS) is 17.0. The molecular formula is C38H44N6O6. The Morgan fingerprint density at radius 1 is 0.720 bits per heavy atom. The highest BCUT2D eigenvalue weighted by Gasteiger charge is 2.20. The second-order valence-electron chi connectivity index (χ2n) is 12.5. The zero-order chi connectivity index (χ0) is 35.0. The van der Waals surface area contributed by atoms with E-state index in [-0.39, 0.29) is 23.2 Å². The number of carbonyl (C=O) groups excluding carboxylic acids is 2. The zero-order valence-electron chi connectivity index (χ0n) is 28.9. The molecule has 4 N–H and O–H groups in total. The highest BCUT2D eigenvalue weighted by Crippen LogP contribution is 2.34. The first kappa shape index (κ1) is 35.0. The lowest BCUT2D eigenvalue weighted by Gasteiger charge is -2.17. The molecule has 2 aliphatic heterocycles. The van der Waals surface area contributed by atoms with E-state index in [1.54, 1.807) is 38.7 Å². The van der Waals surface area contributed by atoms with Gasteiger partial charge in [0.2, 0.25) is 0 Å². The molecule has 2 aliphatic rings. The Morgan fingerprint density at radius 2 is 1.16 bits per heavy atom. The maximum Gasteiger partial charge on any atom is 0.274 e. The van der Waals surface area contributed by atoms with Crippen molar-refractivity contribution >= 4 is 23.2 Å². The fraction of sp³-hybridized carbons (Fsp3) is 0.368. The van der Waals surface area contributed by atoms with Crippen LogP contribution in [0.15, 0.2) is 60.9 Å². The molecule has 2 aromatic carbocycles. The van der Waals surface area contributed by atoms with E-state index in [1.165, 1.54) is 0 Å². The number of nitrogens with one attached hydrogen (secondary N) is 4. The number of methoxy groups -OCH3 is 2. The van der Waals surface area contributed by atoms with Gasteiger partial charge in [-0.1, -0.05) is 24.3 Å². The Morgan fingerprint density at radius 3 is 1.54 bits per heavy atom. The summed E-state index contributed by atoms with van der Waals surface area (Å²) in [5.74, 6) is 0.491. The molecule has 4 aromatic rings. The number of nitrogens with zero attached hydrogens (tertiary/aromatic N) is 2. The van der Waals surface area contributed by atoms with Crippen LogP contribution in [-0.2, 0) is 22.6 Å². The van der Waals surface area contributed by atoms with E-state index < -0.39 is 0 Å². The number of hydrogen-bond acceptors (Lipinski definition) is 10. The van der Waals surface area contributed by atoms with Gasteiger partial charge >= 0.3 is 0 Å². The van der Waals surface area contributed by atoms with Crippen LogP contribution in [0.3, 0.4) is 0 Å². The Balaban J connectivity index is 1.14. The molecule has 2 saturated heterocycles. The van der Waals surface area contributed by atoms with Crippen molar-refractivity contribution in [1.82, 2.24) is 20.6 Å². The van der Waals surface area contributed by atoms with Gasteiger partial charge in [0.25, 0.3) is 11.8 Å². The highest BCUT2D eigenvalue weighted by molar-refractivity contribution is 6.05. The van der Waals surface area contributed by atoms with Crippen molar-refractivity contribution in [2.24, 2.45) is 0 Å². The molecule has 2 aromatic heterocycles. The lowest BCUT2D eigenvalue weighted by Crippen LogP contribution is -2.28. The number of rotatable bonds is 13. The maximum atomic E-state index is 13.4. The maximum absolute atomic E-state index is 13.4. The Bertz CT molecular complexity index is 1700. The number of pyridine rings is 2. The first-order valence-corrected chi connectivity index (χ1v) is 16.8. The quantitative estimate of drug-likeness (QED) is 0.152. The van der Waals surface area contributed by atoms with Gasteiger partial charge in [0.1, 0.15) is 22.9 Å². The molecule has 50 heavy (non-hydrogen) atoms. The lowest BCUT2D eigenvalue weighted by atomic mass is 9.94. The summed E-state index contributed by atoms with van der Waals surface area (Å²) in [6.45, 7) is 7.93. The predicted molar refractivity (Wildman–Crippen MR) is 191 cm³/mol. The van der Waals surface area contributed by atoms with Gasteiger partial charge in [-0.25, -0.2) is 0 Å². The minimum Gasteiger partial charge on any atom is -0.496 e. The van der Waals surface area contributed by atoms with Crippen LogP contribution in [-0.4, -0.2) is 74.5 Å². The topological polar surface area (TPSA) is 145 Å². The number of amides is 2. The van der Waals surface area contributed by atoms with Crippen molar-refractivity contribution in [1.29, 1.82) is 0 Å². The lowest BCUT2D eigenvalue weighted by molar-refractivity contribution is 0.101. The SMILES string of the molecule is COc1cc(C(=O)Nc2cccc(-c3cccc(NC(=O)c4cc(OC)c(CN[C@@H]5CCOC5)cn4)c3C)c2C)ncc1CN[C@@H]1CCOC1. The summed E-state index contributed by atoms with van der Waals surface area (Å²) in [5.41, 5.74) is 7.12. The predicted octanol–water partition coefficient (Wildman–Crippen LogP) is 5.04. The highest BCUT2D eigenvalue weighted by atomic mass is 16.5. The molecule has 0 bridgehead atoms. The molecule has 4 heterocycles. The van der Waals surface area contributed by atoms with Gasteiger partial charge in [0.05, 0.1) is 27.4 Å². The van der Waals surface area contributed by atoms with Crippen molar-refractivity contribution in [3.63, 3.8) is 0 Å². The van der Waals surface area contributed by atoms with Crippen molar-refractivity contribution in [2.45, 2.75) is 51.9 Å². The van der Waals surface area contributed by atoms with Crippen molar-refractivity contribution < 1.29 is 28.5 Å². The van der Waals surface area contributed by atoms with E-state index in [0.717, 1.165) is 59.4 Å². The summed E-state index contributed by atoms with van der Waals surface area (Å²) < 4.78 is 22.1. The minimum atomic E-state index is -0.345. The summed E-state index contributed by atoms with van der Waals surface area (Å²) >= 11 is 0. The standard InChI is InChI=1S/C38H44N6O6/c1-23-29(7-5-9-31(23)43-37(45)33-15-35(47-3)25(19-41-33)17-39-27-11-13-49-21-27)30-8-6-10-32(24(30)2)44-38(46)34-16-36(48-4)26(20-42-34)18-40-28-12-14-50-22-28/h5-10,15-16,19-20,27-28,39-40H,11-14,17-18,21-22H2,1-4H3,(H,43,45)(H,44,46)/t27-,28-/m1/s1. The molecular weight excluding hydrogens is 636 g/mol. The van der Waals surface area contributed by atoms with E-state index in [1.807, 2.05) is 50.2 Å². The minimum absolute atomic E-state index is 0.249. The van der Waals surface area contributed by atoms with Crippen LogP contribution in [0.4, 0.5) is 11.4 Å². The number of benzene rings is 2. The van der Waals surface area contributed by atoms with Gasteiger partial charge in [0, 0.05) is 85.4 Å². The third-order valence-electron chi connectivity index (χ3n) is 9.27. The number of ether oxygens (including phenoxy) is 4. The van der Waals surface area contributed by atoms with Crippen LogP contribution in [0, 0.1) is 13.8 Å². The second-order valence-corrected chi connectivity index (χ2v) is 12.5. The van der Waals surface area contributed by atoms with E-state index in [0.29, 0.717) is 61.3 Å². The summed E-state index contributed by atoms with van der Waals surface area (Å²) in [4.78, 5) is 35.6. The van der Waals surface area contributed by atoms with Crippen LogP contribution in [0.1, 0.15) is 56.1 Å². The number of aromatic nitrogens is 2. The number of hydrogen-bond donors (Lipinski definition) is 4. The van der Waals surface area contributed by atoms with Gasteiger partial charge < -0.3 is 40.2 Å². The number of anilines is 2. The van der Waals surface area contributed by atoms with E-state index in [9.17, 15) is 9.59 Å². The molecule has 0 unspecified atom stereocenters. The van der Waals surface area contributed by atoms with Crippen LogP contribution in [0.2, 0.25) is 0 Å². The third kappa shape index (κ3) is 8.11. The Labute approximate surface area is 292 Å². The van der Waals surface area contributed by atoms with E-state index in [4.69, 9.17) is 18.9 Å². The molecule has 6 rings (SSSR count). The largest absolute Gasteiger partial charge is 0.496 e. The molecule has 2 fully saturated rings. The fourth-order valence-electron chi connectivity index (χ4n) is 6.22. The summed E-state index contributed by atoms with van der Waals surface area (Å²) in [7, 11) is 3.17. The second kappa shape index (κ2) is 16.2. The van der Waals surface area contributed by atoms with Crippen molar-refractivity contribution in [3.8, 4) is 22.6 Å². The molecule has 0 aliphatic carbocycles. The average molecular weight is 681 g/mol. The molecule has 2 amide bonds. The molecule has 12 nitrogen and oxygen atoms in total. The smallest absolute Gasteiger partial charge is 0.274 e. The molecule has 12 heteroatoms. The summed E-state index contributed by atoms with van der Waals surface area (Å²) in [6, 6.07) is 15.4. The van der Waals surface area contributed by atoms with Crippen LogP contribution in [0.5, 0.6) is 11.5 Å². The van der Waals surface area contributed by atoms with Gasteiger partial charge in [-0.3, -0.25) is 19.6 Å². The monoisotopic (exact) mass is 680 g/mol. The average Bonchev–Trinajstić information content (AvgIpc) is 3.87. The molecule has 0 radical (unpaired) electrons. The first-order chi connectivity index (χ1) is 24.3. The van der Waals surface area contributed by atoms with Gasteiger partial charge in [-0.15, -0.1) is 0 Å². The molecule has 2 atom stereocenters. The Hall–Kier alpha value is -4.88. The Kier molecular flexibility index (Phi) is 11.3. The zero-order valence-corrected chi connectivity index (χ0v) is 28.9. The van der Waals surface area contributed by atoms with Crippen molar-refractivity contribution in [2.75, 3.05) is 51.3 Å². The van der Waals surface area contributed by atoms with E-state index in [2.05, 4.69) is 31.2 Å². The van der Waals surface area contributed by atoms with Gasteiger partial charge in [0.15, 0.2) is 0 Å². The van der Waals surface area contributed by atoms with E-state index >= 15 is 0 Å². The third-order valence-corrected chi connectivity index (χ3v) is 9.27. The fourth-order valence-corrected chi connectivity index (χ4v) is 6.22. The summed E-state index contributed by atoms with van der Waals surface area (Å²) in [5, 5.41) is 13.0. The molecule has 0 saturated carbocycles. The molecule has 262 valence electrons. The van der Waals surface area contributed by atoms with Gasteiger partial charge in [-0.2, -0.15) is 0 Å². The number of carbonyl (C=O) groups is 2. The molecule has 0 spiro atoms. The van der Waals surface area contributed by atoms with Crippen molar-refractivity contribution in [3.05, 3.63) is 94.6 Å².